The van der Waals surface area contributed by atoms with Crippen LogP contribution >= 0.6 is 11.6 Å². The molecule has 0 aliphatic carbocycles. The van der Waals surface area contributed by atoms with Crippen LogP contribution in [0, 0.1) is 13.8 Å². The number of hydrogen-bond acceptors (Lipinski definition) is 4. The highest BCUT2D eigenvalue weighted by Gasteiger charge is 2.30. The van der Waals surface area contributed by atoms with E-state index in [4.69, 9.17) is 11.6 Å². The van der Waals surface area contributed by atoms with Crippen LogP contribution in [0.1, 0.15) is 23.6 Å². The van der Waals surface area contributed by atoms with Gasteiger partial charge in [-0.05, 0) is 55.7 Å². The van der Waals surface area contributed by atoms with Crippen molar-refractivity contribution < 1.29 is 18.0 Å². The molecule has 0 fully saturated rings. The summed E-state index contributed by atoms with van der Waals surface area (Å²) in [5, 5.41) is 2.99. The van der Waals surface area contributed by atoms with Crippen LogP contribution in [0.15, 0.2) is 42.5 Å². The van der Waals surface area contributed by atoms with E-state index in [1.807, 2.05) is 19.9 Å². The smallest absolute Gasteiger partial charge is 0.244 e. The average molecular weight is 466 g/mol. The Morgan fingerprint density at radius 3 is 2.29 bits per heavy atom. The third-order valence-electron chi connectivity index (χ3n) is 5.17. The summed E-state index contributed by atoms with van der Waals surface area (Å²) in [6.45, 7) is 5.02. The lowest BCUT2D eigenvalue weighted by Gasteiger charge is -2.31. The van der Waals surface area contributed by atoms with E-state index < -0.39 is 28.5 Å². The number of halogens is 1. The Bertz CT molecular complexity index is 1070. The van der Waals surface area contributed by atoms with E-state index >= 15 is 0 Å². The zero-order valence-corrected chi connectivity index (χ0v) is 19.9. The number of carbonyl (C=O) groups excluding carboxylic acids is 2. The number of nitrogens with one attached hydrogen (secondary N) is 1. The SMILES string of the molecule is CNC(=O)[C@H](C)N(Cc1ccccc1Cl)C(=O)CN(c1ccc(C)c(C)c1)S(C)(=O)=O. The highest BCUT2D eigenvalue weighted by Crippen LogP contribution is 2.23. The van der Waals surface area contributed by atoms with Crippen molar-refractivity contribution in [2.75, 3.05) is 24.2 Å². The first-order chi connectivity index (χ1) is 14.5. The van der Waals surface area contributed by atoms with E-state index in [1.54, 1.807) is 43.3 Å². The van der Waals surface area contributed by atoms with Gasteiger partial charge < -0.3 is 10.2 Å². The van der Waals surface area contributed by atoms with E-state index in [-0.39, 0.29) is 12.5 Å². The Morgan fingerprint density at radius 2 is 1.74 bits per heavy atom. The molecule has 2 amide bonds. The molecule has 0 spiro atoms. The summed E-state index contributed by atoms with van der Waals surface area (Å²) < 4.78 is 26.1. The summed E-state index contributed by atoms with van der Waals surface area (Å²) in [5.41, 5.74) is 2.97. The predicted molar refractivity (Wildman–Crippen MR) is 124 cm³/mol. The maximum atomic E-state index is 13.3. The van der Waals surface area contributed by atoms with Gasteiger partial charge in [0, 0.05) is 18.6 Å². The van der Waals surface area contributed by atoms with Gasteiger partial charge in [0.15, 0.2) is 0 Å². The molecule has 0 radical (unpaired) electrons. The number of rotatable bonds is 8. The van der Waals surface area contributed by atoms with E-state index in [1.165, 1.54) is 11.9 Å². The van der Waals surface area contributed by atoms with E-state index in [0.29, 0.717) is 16.3 Å². The molecular weight excluding hydrogens is 438 g/mol. The lowest BCUT2D eigenvalue weighted by Crippen LogP contribution is -2.50. The molecule has 0 saturated heterocycles. The Hall–Kier alpha value is -2.58. The number of benzene rings is 2. The topological polar surface area (TPSA) is 86.8 Å². The highest BCUT2D eigenvalue weighted by atomic mass is 35.5. The van der Waals surface area contributed by atoms with Crippen LogP contribution in [0.5, 0.6) is 0 Å². The Morgan fingerprint density at radius 1 is 1.10 bits per heavy atom. The summed E-state index contributed by atoms with van der Waals surface area (Å²) in [7, 11) is -2.27. The van der Waals surface area contributed by atoms with Gasteiger partial charge in [-0.2, -0.15) is 0 Å². The van der Waals surface area contributed by atoms with Gasteiger partial charge in [0.1, 0.15) is 12.6 Å². The number of hydrogen-bond donors (Lipinski definition) is 1. The number of aryl methyl sites for hydroxylation is 2. The molecule has 7 nitrogen and oxygen atoms in total. The van der Waals surface area contributed by atoms with Gasteiger partial charge in [-0.25, -0.2) is 8.42 Å². The quantitative estimate of drug-likeness (QED) is 0.649. The summed E-state index contributed by atoms with van der Waals surface area (Å²) in [5.74, 6) is -0.878. The first-order valence-electron chi connectivity index (χ1n) is 9.75. The molecule has 0 bridgehead atoms. The predicted octanol–water partition coefficient (Wildman–Crippen LogP) is 2.89. The van der Waals surface area contributed by atoms with Crippen LogP contribution in [0.2, 0.25) is 5.02 Å². The Balaban J connectivity index is 2.42. The molecule has 31 heavy (non-hydrogen) atoms. The van der Waals surface area contributed by atoms with Gasteiger partial charge in [-0.15, -0.1) is 0 Å². The summed E-state index contributed by atoms with van der Waals surface area (Å²) in [4.78, 5) is 26.9. The minimum absolute atomic E-state index is 0.0671. The number of anilines is 1. The molecule has 0 aromatic heterocycles. The van der Waals surface area contributed by atoms with Crippen LogP contribution in [-0.2, 0) is 26.2 Å². The fraction of sp³-hybridized carbons (Fsp3) is 0.364. The second-order valence-corrected chi connectivity index (χ2v) is 9.76. The van der Waals surface area contributed by atoms with Crippen molar-refractivity contribution in [3.63, 3.8) is 0 Å². The maximum Gasteiger partial charge on any atom is 0.244 e. The van der Waals surface area contributed by atoms with Crippen molar-refractivity contribution in [3.8, 4) is 0 Å². The number of likely N-dealkylation sites (N-methyl/N-ethyl adjacent to an activating group) is 1. The number of amides is 2. The van der Waals surface area contributed by atoms with Crippen molar-refractivity contribution >= 4 is 39.1 Å². The van der Waals surface area contributed by atoms with Crippen molar-refractivity contribution in [1.82, 2.24) is 10.2 Å². The molecule has 2 aromatic rings. The Kier molecular flexibility index (Phi) is 8.08. The first-order valence-corrected chi connectivity index (χ1v) is 12.0. The number of sulfonamides is 1. The molecule has 0 aliphatic rings. The molecule has 168 valence electrons. The summed E-state index contributed by atoms with van der Waals surface area (Å²) >= 11 is 6.25. The van der Waals surface area contributed by atoms with Gasteiger partial charge in [-0.1, -0.05) is 35.9 Å². The van der Waals surface area contributed by atoms with Crippen LogP contribution < -0.4 is 9.62 Å². The first kappa shape index (κ1) is 24.7. The van der Waals surface area contributed by atoms with Gasteiger partial charge in [-0.3, -0.25) is 13.9 Å². The van der Waals surface area contributed by atoms with Crippen molar-refractivity contribution in [3.05, 3.63) is 64.2 Å². The maximum absolute atomic E-state index is 13.3. The summed E-state index contributed by atoms with van der Waals surface area (Å²) in [6.07, 6.45) is 1.05. The second kappa shape index (κ2) is 10.2. The van der Waals surface area contributed by atoms with Gasteiger partial charge >= 0.3 is 0 Å². The Labute approximate surface area is 189 Å². The molecule has 2 rings (SSSR count). The minimum atomic E-state index is -3.75. The fourth-order valence-electron chi connectivity index (χ4n) is 3.10. The monoisotopic (exact) mass is 465 g/mol. The zero-order valence-electron chi connectivity index (χ0n) is 18.3. The van der Waals surface area contributed by atoms with Crippen molar-refractivity contribution in [2.24, 2.45) is 0 Å². The number of nitrogens with zero attached hydrogens (tertiary/aromatic N) is 2. The number of carbonyl (C=O) groups is 2. The van der Waals surface area contributed by atoms with Crippen LogP contribution in [-0.4, -0.2) is 51.0 Å². The third-order valence-corrected chi connectivity index (χ3v) is 6.68. The molecule has 1 N–H and O–H groups in total. The molecular formula is C22H28ClN3O4S. The van der Waals surface area contributed by atoms with Crippen LogP contribution in [0.4, 0.5) is 5.69 Å². The van der Waals surface area contributed by atoms with Crippen LogP contribution in [0.25, 0.3) is 0 Å². The van der Waals surface area contributed by atoms with E-state index in [2.05, 4.69) is 5.32 Å². The molecule has 0 heterocycles. The molecule has 0 aliphatic heterocycles. The summed E-state index contributed by atoms with van der Waals surface area (Å²) in [6, 6.07) is 11.4. The molecule has 9 heteroatoms. The van der Waals surface area contributed by atoms with E-state index in [0.717, 1.165) is 21.7 Å². The minimum Gasteiger partial charge on any atom is -0.357 e. The highest BCUT2D eigenvalue weighted by molar-refractivity contribution is 7.92. The lowest BCUT2D eigenvalue weighted by molar-refractivity contribution is -0.139. The molecule has 0 unspecified atom stereocenters. The zero-order chi connectivity index (χ0) is 23.3. The van der Waals surface area contributed by atoms with Crippen molar-refractivity contribution in [1.29, 1.82) is 0 Å². The largest absolute Gasteiger partial charge is 0.357 e. The molecule has 1 atom stereocenters. The van der Waals surface area contributed by atoms with Gasteiger partial charge in [0.05, 0.1) is 11.9 Å². The van der Waals surface area contributed by atoms with Gasteiger partial charge in [0.25, 0.3) is 0 Å². The molecule has 0 saturated carbocycles. The average Bonchev–Trinajstić information content (AvgIpc) is 2.71. The lowest BCUT2D eigenvalue weighted by atomic mass is 10.1. The van der Waals surface area contributed by atoms with E-state index in [9.17, 15) is 18.0 Å². The fourth-order valence-corrected chi connectivity index (χ4v) is 4.13. The molecule has 2 aromatic carbocycles. The van der Waals surface area contributed by atoms with Gasteiger partial charge in [0.2, 0.25) is 21.8 Å². The standard InChI is InChI=1S/C22H28ClN3O4S/c1-15-10-11-19(12-16(15)2)26(31(5,29)30)14-21(27)25(17(3)22(28)24-4)13-18-8-6-7-9-20(18)23/h6-12,17H,13-14H2,1-5H3,(H,24,28)/t17-/m0/s1. The normalized spacial score (nSPS) is 12.2. The second-order valence-electron chi connectivity index (χ2n) is 7.44. The van der Waals surface area contributed by atoms with Crippen molar-refractivity contribution in [2.45, 2.75) is 33.4 Å². The van der Waals surface area contributed by atoms with Crippen LogP contribution in [0.3, 0.4) is 0 Å². The third kappa shape index (κ3) is 6.21.